The Labute approximate surface area is 68.8 Å². The summed E-state index contributed by atoms with van der Waals surface area (Å²) in [5.41, 5.74) is 0.819. The van der Waals surface area contributed by atoms with Crippen LogP contribution in [0.4, 0.5) is 0 Å². The molecule has 4 heteroatoms. The summed E-state index contributed by atoms with van der Waals surface area (Å²) in [6.07, 6.45) is 3.13. The molecule has 2 N–H and O–H groups in total. The van der Waals surface area contributed by atoms with Gasteiger partial charge in [0.25, 0.3) is 0 Å². The Hall–Kier alpha value is -1.71. The lowest BCUT2D eigenvalue weighted by molar-refractivity contribution is 0.400. The molecular weight excluding hydrogens is 156 g/mol. The standard InChI is InChI=1S/C8H8N2O2/c1-12-8-7-5(2-3-9-8)10-4-6(7)11/h2-4,10-11H,1H3. The first-order chi connectivity index (χ1) is 5.83. The van der Waals surface area contributed by atoms with Gasteiger partial charge in [-0.15, -0.1) is 0 Å². The second-order valence-electron chi connectivity index (χ2n) is 2.42. The Kier molecular flexibility index (Phi) is 1.40. The SMILES string of the molecule is COc1nccc2[nH]cc(O)c12. The highest BCUT2D eigenvalue weighted by molar-refractivity contribution is 5.89. The number of nitrogens with one attached hydrogen (secondary N) is 1. The molecule has 0 atom stereocenters. The third-order valence-electron chi connectivity index (χ3n) is 1.73. The minimum absolute atomic E-state index is 0.162. The molecule has 0 bridgehead atoms. The second kappa shape index (κ2) is 2.41. The van der Waals surface area contributed by atoms with Crippen molar-refractivity contribution < 1.29 is 9.84 Å². The van der Waals surface area contributed by atoms with Crippen LogP contribution in [0.15, 0.2) is 18.5 Å². The maximum Gasteiger partial charge on any atom is 0.226 e. The largest absolute Gasteiger partial charge is 0.506 e. The van der Waals surface area contributed by atoms with Crippen molar-refractivity contribution in [1.82, 2.24) is 9.97 Å². The monoisotopic (exact) mass is 164 g/mol. The van der Waals surface area contributed by atoms with Crippen LogP contribution in [-0.4, -0.2) is 22.2 Å². The van der Waals surface area contributed by atoms with E-state index in [2.05, 4.69) is 9.97 Å². The molecule has 0 aromatic carbocycles. The summed E-state index contributed by atoms with van der Waals surface area (Å²) in [4.78, 5) is 6.85. The maximum atomic E-state index is 9.37. The summed E-state index contributed by atoms with van der Waals surface area (Å²) in [6, 6.07) is 1.78. The number of aromatic amines is 1. The topological polar surface area (TPSA) is 58.1 Å². The zero-order valence-corrected chi connectivity index (χ0v) is 6.53. The molecular formula is C8H8N2O2. The smallest absolute Gasteiger partial charge is 0.226 e. The fourth-order valence-electron chi connectivity index (χ4n) is 1.18. The number of aromatic nitrogens is 2. The van der Waals surface area contributed by atoms with Crippen molar-refractivity contribution in [1.29, 1.82) is 0 Å². The number of H-pyrrole nitrogens is 1. The molecule has 62 valence electrons. The molecule has 4 nitrogen and oxygen atoms in total. The van der Waals surface area contributed by atoms with Gasteiger partial charge in [-0.05, 0) is 6.07 Å². The maximum absolute atomic E-state index is 9.37. The molecule has 2 aromatic heterocycles. The number of fused-ring (bicyclic) bond motifs is 1. The average Bonchev–Trinajstić information content (AvgIpc) is 2.48. The van der Waals surface area contributed by atoms with Crippen molar-refractivity contribution in [3.63, 3.8) is 0 Å². The van der Waals surface area contributed by atoms with Crippen molar-refractivity contribution in [2.24, 2.45) is 0 Å². The summed E-state index contributed by atoms with van der Waals surface area (Å²) in [7, 11) is 1.52. The Morgan fingerprint density at radius 2 is 2.42 bits per heavy atom. The number of aromatic hydroxyl groups is 1. The molecule has 0 spiro atoms. The molecule has 0 radical (unpaired) electrons. The highest BCUT2D eigenvalue weighted by Crippen LogP contribution is 2.30. The van der Waals surface area contributed by atoms with E-state index in [1.165, 1.54) is 13.3 Å². The molecule has 0 fully saturated rings. The van der Waals surface area contributed by atoms with E-state index in [1.807, 2.05) is 0 Å². The average molecular weight is 164 g/mol. The summed E-state index contributed by atoms with van der Waals surface area (Å²) in [5, 5.41) is 10.00. The van der Waals surface area contributed by atoms with Crippen molar-refractivity contribution in [3.05, 3.63) is 18.5 Å². The van der Waals surface area contributed by atoms with Gasteiger partial charge >= 0.3 is 0 Å². The highest BCUT2D eigenvalue weighted by atomic mass is 16.5. The van der Waals surface area contributed by atoms with E-state index in [9.17, 15) is 5.11 Å². The fraction of sp³-hybridized carbons (Fsp3) is 0.125. The lowest BCUT2D eigenvalue weighted by Gasteiger charge is -1.98. The first-order valence-corrected chi connectivity index (χ1v) is 3.52. The quantitative estimate of drug-likeness (QED) is 0.667. The molecule has 2 rings (SSSR count). The Morgan fingerprint density at radius 3 is 3.17 bits per heavy atom. The first kappa shape index (κ1) is 6.97. The van der Waals surface area contributed by atoms with Gasteiger partial charge in [-0.25, -0.2) is 4.98 Å². The number of hydrogen-bond acceptors (Lipinski definition) is 3. The number of methoxy groups -OCH3 is 1. The van der Waals surface area contributed by atoms with Gasteiger partial charge in [0, 0.05) is 12.4 Å². The van der Waals surface area contributed by atoms with E-state index in [0.29, 0.717) is 11.3 Å². The summed E-state index contributed by atoms with van der Waals surface area (Å²) >= 11 is 0. The van der Waals surface area contributed by atoms with E-state index in [-0.39, 0.29) is 5.75 Å². The number of nitrogens with zero attached hydrogens (tertiary/aromatic N) is 1. The minimum atomic E-state index is 0.162. The lowest BCUT2D eigenvalue weighted by atomic mass is 10.3. The molecule has 12 heavy (non-hydrogen) atoms. The minimum Gasteiger partial charge on any atom is -0.506 e. The van der Waals surface area contributed by atoms with Crippen LogP contribution in [0.2, 0.25) is 0 Å². The molecule has 0 amide bonds. The Balaban J connectivity index is 2.84. The molecule has 0 aliphatic carbocycles. The Bertz CT molecular complexity index is 408. The lowest BCUT2D eigenvalue weighted by Crippen LogP contribution is -1.86. The summed E-state index contributed by atoms with van der Waals surface area (Å²) in [5.74, 6) is 0.598. The van der Waals surface area contributed by atoms with E-state index < -0.39 is 0 Å². The fourth-order valence-corrected chi connectivity index (χ4v) is 1.18. The third-order valence-corrected chi connectivity index (χ3v) is 1.73. The first-order valence-electron chi connectivity index (χ1n) is 3.52. The zero-order valence-electron chi connectivity index (χ0n) is 6.53. The predicted molar refractivity (Wildman–Crippen MR) is 44.3 cm³/mol. The van der Waals surface area contributed by atoms with Crippen LogP contribution < -0.4 is 4.74 Å². The van der Waals surface area contributed by atoms with Crippen LogP contribution in [-0.2, 0) is 0 Å². The molecule has 0 unspecified atom stereocenters. The van der Waals surface area contributed by atoms with Crippen LogP contribution in [0.3, 0.4) is 0 Å². The molecule has 0 aliphatic heterocycles. The number of hydrogen-bond donors (Lipinski definition) is 2. The van der Waals surface area contributed by atoms with Gasteiger partial charge in [0.1, 0.15) is 11.1 Å². The Morgan fingerprint density at radius 1 is 1.58 bits per heavy atom. The van der Waals surface area contributed by atoms with Crippen molar-refractivity contribution >= 4 is 10.9 Å². The molecule has 0 saturated heterocycles. The predicted octanol–water partition coefficient (Wildman–Crippen LogP) is 1.28. The number of pyridine rings is 1. The van der Waals surface area contributed by atoms with Crippen molar-refractivity contribution in [3.8, 4) is 11.6 Å². The van der Waals surface area contributed by atoms with Crippen LogP contribution in [0.25, 0.3) is 10.9 Å². The van der Waals surface area contributed by atoms with E-state index in [0.717, 1.165) is 5.52 Å². The zero-order chi connectivity index (χ0) is 8.55. The van der Waals surface area contributed by atoms with Gasteiger partial charge in [0.15, 0.2) is 0 Å². The summed E-state index contributed by atoms with van der Waals surface area (Å²) < 4.78 is 4.98. The van der Waals surface area contributed by atoms with Gasteiger partial charge in [-0.1, -0.05) is 0 Å². The van der Waals surface area contributed by atoms with Crippen LogP contribution in [0.5, 0.6) is 11.6 Å². The van der Waals surface area contributed by atoms with Gasteiger partial charge in [0.2, 0.25) is 5.88 Å². The van der Waals surface area contributed by atoms with Gasteiger partial charge in [0.05, 0.1) is 12.6 Å². The van der Waals surface area contributed by atoms with Crippen molar-refractivity contribution in [2.75, 3.05) is 7.11 Å². The second-order valence-corrected chi connectivity index (χ2v) is 2.42. The summed E-state index contributed by atoms with van der Waals surface area (Å²) in [6.45, 7) is 0. The number of ether oxygens (including phenoxy) is 1. The number of rotatable bonds is 1. The van der Waals surface area contributed by atoms with Gasteiger partial charge < -0.3 is 14.8 Å². The molecule has 0 aliphatic rings. The van der Waals surface area contributed by atoms with Crippen LogP contribution in [0, 0.1) is 0 Å². The van der Waals surface area contributed by atoms with E-state index in [4.69, 9.17) is 4.74 Å². The molecule has 2 heterocycles. The van der Waals surface area contributed by atoms with E-state index >= 15 is 0 Å². The molecule has 0 saturated carbocycles. The normalized spacial score (nSPS) is 10.4. The van der Waals surface area contributed by atoms with Crippen LogP contribution >= 0.6 is 0 Å². The molecule has 2 aromatic rings. The van der Waals surface area contributed by atoms with Crippen LogP contribution in [0.1, 0.15) is 0 Å². The van der Waals surface area contributed by atoms with Crippen molar-refractivity contribution in [2.45, 2.75) is 0 Å². The third kappa shape index (κ3) is 0.812. The van der Waals surface area contributed by atoms with E-state index in [1.54, 1.807) is 12.3 Å². The van der Waals surface area contributed by atoms with Gasteiger partial charge in [-0.3, -0.25) is 0 Å². The highest BCUT2D eigenvalue weighted by Gasteiger charge is 2.07. The van der Waals surface area contributed by atoms with Gasteiger partial charge in [-0.2, -0.15) is 0 Å².